The van der Waals surface area contributed by atoms with E-state index in [1.54, 1.807) is 7.11 Å². The van der Waals surface area contributed by atoms with Gasteiger partial charge in [0, 0.05) is 12.1 Å². The van der Waals surface area contributed by atoms with Gasteiger partial charge in [-0.05, 0) is 17.7 Å². The molecule has 0 unspecified atom stereocenters. The van der Waals surface area contributed by atoms with E-state index >= 15 is 0 Å². The van der Waals surface area contributed by atoms with E-state index in [2.05, 4.69) is 13.8 Å². The first-order chi connectivity index (χ1) is 7.74. The summed E-state index contributed by atoms with van der Waals surface area (Å²) in [6, 6.07) is 7.61. The fraction of sp³-hybridized carbons (Fsp3) is 0.571. The van der Waals surface area contributed by atoms with Crippen LogP contribution in [0, 0.1) is 0 Å². The Hall–Kier alpha value is -0.530. The molecule has 0 saturated carbocycles. The van der Waals surface area contributed by atoms with E-state index in [4.69, 9.17) is 16.3 Å². The zero-order chi connectivity index (χ0) is 12.8. The molecule has 0 spiro atoms. The fourth-order valence-electron chi connectivity index (χ4n) is 0.747. The summed E-state index contributed by atoms with van der Waals surface area (Å²) in [6.45, 7) is 9.01. The number of rotatable bonds is 3. The van der Waals surface area contributed by atoms with Crippen molar-refractivity contribution in [1.29, 1.82) is 0 Å². The van der Waals surface area contributed by atoms with Gasteiger partial charge in [-0.25, -0.2) is 0 Å². The summed E-state index contributed by atoms with van der Waals surface area (Å²) in [5.41, 5.74) is 1.15. The highest BCUT2D eigenvalue weighted by Crippen LogP contribution is 2.09. The summed E-state index contributed by atoms with van der Waals surface area (Å²) in [5.74, 6) is 0. The SMILES string of the molecule is CC.CCCC.COCc1ccc(Cl)cc1. The van der Waals surface area contributed by atoms with Crippen LogP contribution in [-0.2, 0) is 11.3 Å². The molecule has 1 nitrogen and oxygen atoms in total. The minimum atomic E-state index is 0.650. The summed E-state index contributed by atoms with van der Waals surface area (Å²) in [6.07, 6.45) is 2.64. The molecule has 0 heterocycles. The summed E-state index contributed by atoms with van der Waals surface area (Å²) < 4.78 is 4.92. The molecule has 0 N–H and O–H groups in total. The maximum Gasteiger partial charge on any atom is 0.0713 e. The highest BCUT2D eigenvalue weighted by Gasteiger charge is 1.89. The molecule has 0 aliphatic carbocycles. The molecule has 0 amide bonds. The predicted molar refractivity (Wildman–Crippen MR) is 74.1 cm³/mol. The number of halogens is 1. The first-order valence-electron chi connectivity index (χ1n) is 5.98. The first kappa shape index (κ1) is 17.9. The standard InChI is InChI=1S/C8H9ClO.C4H10.C2H6/c1-10-6-7-2-4-8(9)5-3-7;1-3-4-2;1-2/h2-5H,6H2,1H3;3-4H2,1-2H3;1-2H3. The lowest BCUT2D eigenvalue weighted by atomic mass is 10.2. The molecule has 0 atom stereocenters. The van der Waals surface area contributed by atoms with Crippen molar-refractivity contribution in [3.8, 4) is 0 Å². The molecule has 0 aliphatic heterocycles. The van der Waals surface area contributed by atoms with Crippen LogP contribution in [0.25, 0.3) is 0 Å². The number of hydrogen-bond donors (Lipinski definition) is 0. The van der Waals surface area contributed by atoms with Crippen molar-refractivity contribution < 1.29 is 4.74 Å². The molecule has 0 aromatic heterocycles. The van der Waals surface area contributed by atoms with Gasteiger partial charge in [0.25, 0.3) is 0 Å². The highest BCUT2D eigenvalue weighted by molar-refractivity contribution is 6.30. The van der Waals surface area contributed by atoms with Crippen LogP contribution in [0.2, 0.25) is 5.02 Å². The largest absolute Gasteiger partial charge is 0.380 e. The first-order valence-corrected chi connectivity index (χ1v) is 6.35. The van der Waals surface area contributed by atoms with E-state index in [9.17, 15) is 0 Å². The lowest BCUT2D eigenvalue weighted by molar-refractivity contribution is 0.185. The normalized spacial score (nSPS) is 8.38. The summed E-state index contributed by atoms with van der Waals surface area (Å²) in [7, 11) is 1.68. The Labute approximate surface area is 106 Å². The second-order valence-corrected chi connectivity index (χ2v) is 3.50. The van der Waals surface area contributed by atoms with Crippen LogP contribution >= 0.6 is 11.6 Å². The van der Waals surface area contributed by atoms with Crippen molar-refractivity contribution in [2.24, 2.45) is 0 Å². The quantitative estimate of drug-likeness (QED) is 0.699. The Morgan fingerprint density at radius 3 is 1.75 bits per heavy atom. The predicted octanol–water partition coefficient (Wildman–Crippen LogP) is 5.32. The molecule has 1 rings (SSSR count). The van der Waals surface area contributed by atoms with Gasteiger partial charge in [-0.1, -0.05) is 64.3 Å². The third-order valence-corrected chi connectivity index (χ3v) is 1.98. The average Bonchev–Trinajstić information content (AvgIpc) is 2.35. The topological polar surface area (TPSA) is 9.23 Å². The van der Waals surface area contributed by atoms with Gasteiger partial charge in [-0.3, -0.25) is 0 Å². The van der Waals surface area contributed by atoms with E-state index in [1.165, 1.54) is 12.8 Å². The van der Waals surface area contributed by atoms with E-state index in [0.29, 0.717) is 6.61 Å². The zero-order valence-electron chi connectivity index (χ0n) is 11.2. The molecular weight excluding hydrogens is 220 g/mol. The molecule has 0 radical (unpaired) electrons. The van der Waals surface area contributed by atoms with Crippen LogP contribution in [0.3, 0.4) is 0 Å². The van der Waals surface area contributed by atoms with Crippen LogP contribution < -0.4 is 0 Å². The van der Waals surface area contributed by atoms with Crippen LogP contribution in [0.15, 0.2) is 24.3 Å². The van der Waals surface area contributed by atoms with Crippen molar-refractivity contribution in [2.45, 2.75) is 47.1 Å². The van der Waals surface area contributed by atoms with Crippen molar-refractivity contribution >= 4 is 11.6 Å². The van der Waals surface area contributed by atoms with Gasteiger partial charge < -0.3 is 4.74 Å². The Morgan fingerprint density at radius 2 is 1.44 bits per heavy atom. The van der Waals surface area contributed by atoms with Gasteiger partial charge in [-0.2, -0.15) is 0 Å². The lowest BCUT2D eigenvalue weighted by Crippen LogP contribution is -1.84. The average molecular weight is 245 g/mol. The van der Waals surface area contributed by atoms with E-state index in [0.717, 1.165) is 10.6 Å². The van der Waals surface area contributed by atoms with Crippen LogP contribution in [0.4, 0.5) is 0 Å². The smallest absolute Gasteiger partial charge is 0.0713 e. The van der Waals surface area contributed by atoms with Crippen molar-refractivity contribution in [3.63, 3.8) is 0 Å². The fourth-order valence-corrected chi connectivity index (χ4v) is 0.873. The number of benzene rings is 1. The second kappa shape index (κ2) is 14.5. The third-order valence-electron chi connectivity index (χ3n) is 1.72. The van der Waals surface area contributed by atoms with Gasteiger partial charge in [0.15, 0.2) is 0 Å². The molecule has 0 bridgehead atoms. The Kier molecular flexibility index (Phi) is 16.1. The molecule has 1 aromatic rings. The molecule has 0 saturated heterocycles. The van der Waals surface area contributed by atoms with Crippen LogP contribution in [-0.4, -0.2) is 7.11 Å². The molecule has 1 aromatic carbocycles. The maximum atomic E-state index is 5.67. The molecular formula is C14H25ClO. The number of unbranched alkanes of at least 4 members (excludes halogenated alkanes) is 1. The molecule has 94 valence electrons. The molecule has 2 heteroatoms. The van der Waals surface area contributed by atoms with Crippen molar-refractivity contribution in [3.05, 3.63) is 34.9 Å². The van der Waals surface area contributed by atoms with Gasteiger partial charge in [-0.15, -0.1) is 0 Å². The summed E-state index contributed by atoms with van der Waals surface area (Å²) in [5, 5.41) is 0.764. The summed E-state index contributed by atoms with van der Waals surface area (Å²) >= 11 is 5.67. The monoisotopic (exact) mass is 244 g/mol. The van der Waals surface area contributed by atoms with Gasteiger partial charge in [0.1, 0.15) is 0 Å². The lowest BCUT2D eigenvalue weighted by Gasteiger charge is -1.97. The number of hydrogen-bond acceptors (Lipinski definition) is 1. The molecule has 0 fully saturated rings. The van der Waals surface area contributed by atoms with Crippen LogP contribution in [0.1, 0.15) is 46.1 Å². The van der Waals surface area contributed by atoms with Crippen molar-refractivity contribution in [2.75, 3.05) is 7.11 Å². The van der Waals surface area contributed by atoms with Gasteiger partial charge in [0.2, 0.25) is 0 Å². The Morgan fingerprint density at radius 1 is 1.00 bits per heavy atom. The van der Waals surface area contributed by atoms with Crippen molar-refractivity contribution in [1.82, 2.24) is 0 Å². The number of methoxy groups -OCH3 is 1. The number of ether oxygens (including phenoxy) is 1. The minimum Gasteiger partial charge on any atom is -0.380 e. The Balaban J connectivity index is 0. The van der Waals surface area contributed by atoms with E-state index < -0.39 is 0 Å². The van der Waals surface area contributed by atoms with E-state index in [1.807, 2.05) is 38.1 Å². The second-order valence-electron chi connectivity index (χ2n) is 3.06. The maximum absolute atomic E-state index is 5.67. The van der Waals surface area contributed by atoms with Gasteiger partial charge in [0.05, 0.1) is 6.61 Å². The molecule has 0 aliphatic rings. The van der Waals surface area contributed by atoms with Crippen LogP contribution in [0.5, 0.6) is 0 Å². The highest BCUT2D eigenvalue weighted by atomic mass is 35.5. The third kappa shape index (κ3) is 11.5. The van der Waals surface area contributed by atoms with E-state index in [-0.39, 0.29) is 0 Å². The van der Waals surface area contributed by atoms with Gasteiger partial charge >= 0.3 is 0 Å². The summed E-state index contributed by atoms with van der Waals surface area (Å²) in [4.78, 5) is 0. The Bertz CT molecular complexity index is 217. The zero-order valence-corrected chi connectivity index (χ0v) is 12.0. The minimum absolute atomic E-state index is 0.650. The molecule has 16 heavy (non-hydrogen) atoms.